The molecule has 1 fully saturated rings. The molecule has 1 N–H and O–H groups in total. The second-order valence-corrected chi connectivity index (χ2v) is 2.83. The second kappa shape index (κ2) is 3.18. The van der Waals surface area contributed by atoms with Crippen molar-refractivity contribution in [2.45, 2.75) is 25.3 Å². The van der Waals surface area contributed by atoms with E-state index in [1.54, 1.807) is 0 Å². The summed E-state index contributed by atoms with van der Waals surface area (Å²) >= 11 is 0. The summed E-state index contributed by atoms with van der Waals surface area (Å²) in [5.41, 5.74) is 7.19. The Morgan fingerprint density at radius 2 is 2.33 bits per heavy atom. The third-order valence-corrected chi connectivity index (χ3v) is 2.16. The maximum absolute atomic E-state index is 7.19. The van der Waals surface area contributed by atoms with Gasteiger partial charge in [0.1, 0.15) is 0 Å². The molecule has 0 spiro atoms. The van der Waals surface area contributed by atoms with E-state index in [4.69, 9.17) is 5.73 Å². The first-order chi connectivity index (χ1) is 4.34. The summed E-state index contributed by atoms with van der Waals surface area (Å²) in [7, 11) is 2.12. The Hall–Kier alpha value is -0.0800. The standard InChI is InChI=1S/C7H15N2/c1-9-5-3-2-4-7(9)6-8/h7-8H,2-6H2,1H3. The number of rotatable bonds is 1. The number of likely N-dealkylation sites (tertiary alicyclic amines) is 1. The lowest BCUT2D eigenvalue weighted by Gasteiger charge is -2.30. The predicted octanol–water partition coefficient (Wildman–Crippen LogP) is 0.754. The molecule has 1 atom stereocenters. The van der Waals surface area contributed by atoms with Crippen LogP contribution in [0, 0.1) is 0 Å². The van der Waals surface area contributed by atoms with E-state index in [0.29, 0.717) is 12.6 Å². The first-order valence-electron chi connectivity index (χ1n) is 3.69. The Kier molecular flexibility index (Phi) is 2.49. The number of likely N-dealkylation sites (N-methyl/N-ethyl adjacent to an activating group) is 1. The highest BCUT2D eigenvalue weighted by Gasteiger charge is 2.16. The van der Waals surface area contributed by atoms with Crippen LogP contribution in [0.15, 0.2) is 0 Å². The van der Waals surface area contributed by atoms with Gasteiger partial charge in [0.25, 0.3) is 0 Å². The van der Waals surface area contributed by atoms with Gasteiger partial charge in [-0.15, -0.1) is 0 Å². The summed E-state index contributed by atoms with van der Waals surface area (Å²) in [5.74, 6) is 0. The summed E-state index contributed by atoms with van der Waals surface area (Å²) in [6, 6.07) is 0.554. The fraction of sp³-hybridized carbons (Fsp3) is 1.00. The van der Waals surface area contributed by atoms with Crippen LogP contribution in [0.4, 0.5) is 0 Å². The maximum Gasteiger partial charge on any atom is 0.0256 e. The molecule has 2 heteroatoms. The highest BCUT2D eigenvalue weighted by atomic mass is 15.1. The van der Waals surface area contributed by atoms with Gasteiger partial charge in [0, 0.05) is 12.6 Å². The molecule has 0 aliphatic carbocycles. The SMILES string of the molecule is CN1CCCCC1C[NH]. The van der Waals surface area contributed by atoms with Crippen molar-refractivity contribution in [2.24, 2.45) is 0 Å². The zero-order chi connectivity index (χ0) is 6.69. The predicted molar refractivity (Wildman–Crippen MR) is 38.2 cm³/mol. The largest absolute Gasteiger partial charge is 0.302 e. The van der Waals surface area contributed by atoms with Gasteiger partial charge in [0.2, 0.25) is 0 Å². The van der Waals surface area contributed by atoms with Gasteiger partial charge in [-0.05, 0) is 26.4 Å². The number of hydrogen-bond acceptors (Lipinski definition) is 1. The Bertz CT molecular complexity index is 83.0. The molecule has 1 aliphatic rings. The van der Waals surface area contributed by atoms with E-state index in [-0.39, 0.29) is 0 Å². The van der Waals surface area contributed by atoms with Crippen molar-refractivity contribution >= 4 is 0 Å². The molecule has 1 radical (unpaired) electrons. The van der Waals surface area contributed by atoms with Gasteiger partial charge in [-0.2, -0.15) is 0 Å². The molecule has 0 amide bonds. The fourth-order valence-corrected chi connectivity index (χ4v) is 1.40. The number of piperidine rings is 1. The minimum absolute atomic E-state index is 0.554. The molecule has 1 unspecified atom stereocenters. The van der Waals surface area contributed by atoms with Gasteiger partial charge in [-0.25, -0.2) is 0 Å². The molecule has 1 heterocycles. The highest BCUT2D eigenvalue weighted by molar-refractivity contribution is 4.73. The Labute approximate surface area is 57.0 Å². The summed E-state index contributed by atoms with van der Waals surface area (Å²) < 4.78 is 0. The van der Waals surface area contributed by atoms with E-state index in [2.05, 4.69) is 11.9 Å². The van der Waals surface area contributed by atoms with Crippen LogP contribution >= 0.6 is 0 Å². The normalized spacial score (nSPS) is 30.7. The van der Waals surface area contributed by atoms with Gasteiger partial charge in [0.05, 0.1) is 0 Å². The molecule has 0 aromatic carbocycles. The quantitative estimate of drug-likeness (QED) is 0.510. The van der Waals surface area contributed by atoms with Crippen molar-refractivity contribution in [2.75, 3.05) is 20.1 Å². The van der Waals surface area contributed by atoms with E-state index in [1.807, 2.05) is 0 Å². The number of hydrogen-bond donors (Lipinski definition) is 0. The molecule has 2 nitrogen and oxygen atoms in total. The van der Waals surface area contributed by atoms with E-state index in [1.165, 1.54) is 25.8 Å². The summed E-state index contributed by atoms with van der Waals surface area (Å²) in [6.45, 7) is 1.78. The smallest absolute Gasteiger partial charge is 0.0256 e. The van der Waals surface area contributed by atoms with Crippen LogP contribution in [-0.4, -0.2) is 31.1 Å². The molecule has 53 valence electrons. The van der Waals surface area contributed by atoms with Gasteiger partial charge in [-0.3, -0.25) is 5.73 Å². The Morgan fingerprint density at radius 3 is 2.78 bits per heavy atom. The Morgan fingerprint density at radius 1 is 1.56 bits per heavy atom. The summed E-state index contributed by atoms with van der Waals surface area (Å²) in [5, 5.41) is 0. The Balaban J connectivity index is 2.30. The van der Waals surface area contributed by atoms with Gasteiger partial charge in [0.15, 0.2) is 0 Å². The molecule has 0 aromatic heterocycles. The molecule has 0 bridgehead atoms. The first kappa shape index (κ1) is 7.03. The minimum atomic E-state index is 0.554. The van der Waals surface area contributed by atoms with Gasteiger partial charge < -0.3 is 4.90 Å². The van der Waals surface area contributed by atoms with E-state index < -0.39 is 0 Å². The van der Waals surface area contributed by atoms with Crippen LogP contribution in [0.25, 0.3) is 0 Å². The zero-order valence-corrected chi connectivity index (χ0v) is 6.06. The van der Waals surface area contributed by atoms with Gasteiger partial charge >= 0.3 is 0 Å². The lowest BCUT2D eigenvalue weighted by Crippen LogP contribution is -2.38. The third-order valence-electron chi connectivity index (χ3n) is 2.16. The molecular formula is C7H15N2. The summed E-state index contributed by atoms with van der Waals surface area (Å²) in [4.78, 5) is 2.30. The minimum Gasteiger partial charge on any atom is -0.302 e. The van der Waals surface area contributed by atoms with Crippen LogP contribution in [0.2, 0.25) is 0 Å². The van der Waals surface area contributed by atoms with Crippen molar-refractivity contribution in [3.63, 3.8) is 0 Å². The molecule has 1 aliphatic heterocycles. The monoisotopic (exact) mass is 127 g/mol. The van der Waals surface area contributed by atoms with E-state index in [0.717, 1.165) is 0 Å². The fourth-order valence-electron chi connectivity index (χ4n) is 1.40. The molecule has 9 heavy (non-hydrogen) atoms. The van der Waals surface area contributed by atoms with Crippen LogP contribution < -0.4 is 5.73 Å². The molecular weight excluding hydrogens is 112 g/mol. The lowest BCUT2D eigenvalue weighted by molar-refractivity contribution is 0.189. The molecule has 0 saturated carbocycles. The van der Waals surface area contributed by atoms with Crippen molar-refractivity contribution in [3.05, 3.63) is 0 Å². The topological polar surface area (TPSA) is 27.0 Å². The van der Waals surface area contributed by atoms with E-state index >= 15 is 0 Å². The summed E-state index contributed by atoms with van der Waals surface area (Å²) in [6.07, 6.45) is 3.89. The second-order valence-electron chi connectivity index (χ2n) is 2.83. The van der Waals surface area contributed by atoms with Gasteiger partial charge in [-0.1, -0.05) is 6.42 Å². The van der Waals surface area contributed by atoms with E-state index in [9.17, 15) is 0 Å². The van der Waals surface area contributed by atoms with Crippen LogP contribution in [0.1, 0.15) is 19.3 Å². The maximum atomic E-state index is 7.19. The number of nitrogens with zero attached hydrogens (tertiary/aromatic N) is 1. The van der Waals surface area contributed by atoms with Crippen LogP contribution in [0.5, 0.6) is 0 Å². The van der Waals surface area contributed by atoms with Crippen molar-refractivity contribution in [3.8, 4) is 0 Å². The molecule has 1 rings (SSSR count). The van der Waals surface area contributed by atoms with Crippen molar-refractivity contribution in [1.29, 1.82) is 0 Å². The average Bonchev–Trinajstić information content (AvgIpc) is 1.89. The first-order valence-corrected chi connectivity index (χ1v) is 3.69. The average molecular weight is 127 g/mol. The highest BCUT2D eigenvalue weighted by Crippen LogP contribution is 2.13. The molecule has 1 saturated heterocycles. The van der Waals surface area contributed by atoms with Crippen molar-refractivity contribution < 1.29 is 0 Å². The molecule has 0 aromatic rings. The lowest BCUT2D eigenvalue weighted by atomic mass is 10.0. The van der Waals surface area contributed by atoms with Crippen molar-refractivity contribution in [1.82, 2.24) is 10.6 Å². The number of nitrogens with one attached hydrogen (secondary N) is 1. The zero-order valence-electron chi connectivity index (χ0n) is 6.06. The van der Waals surface area contributed by atoms with Crippen LogP contribution in [0.3, 0.4) is 0 Å². The van der Waals surface area contributed by atoms with Crippen LogP contribution in [-0.2, 0) is 0 Å². The third kappa shape index (κ3) is 1.66.